The number of hydrogen-bond donors (Lipinski definition) is 2. The summed E-state index contributed by atoms with van der Waals surface area (Å²) in [7, 11) is 0. The van der Waals surface area contributed by atoms with Crippen molar-refractivity contribution in [3.05, 3.63) is 53.4 Å². The first kappa shape index (κ1) is 17.7. The van der Waals surface area contributed by atoms with E-state index in [1.807, 2.05) is 13.0 Å². The Balaban J connectivity index is 1.66. The highest BCUT2D eigenvalue weighted by Gasteiger charge is 2.26. The van der Waals surface area contributed by atoms with Crippen LogP contribution in [0.1, 0.15) is 11.3 Å². The molecule has 0 radical (unpaired) electrons. The van der Waals surface area contributed by atoms with Crippen LogP contribution in [0.5, 0.6) is 0 Å². The third-order valence-corrected chi connectivity index (χ3v) is 5.07. The van der Waals surface area contributed by atoms with Crippen LogP contribution in [0.2, 0.25) is 0 Å². The van der Waals surface area contributed by atoms with Crippen molar-refractivity contribution in [2.75, 3.05) is 36.5 Å². The summed E-state index contributed by atoms with van der Waals surface area (Å²) in [6.45, 7) is 4.59. The molecule has 29 heavy (non-hydrogen) atoms. The summed E-state index contributed by atoms with van der Waals surface area (Å²) in [5.41, 5.74) is 2.96. The van der Waals surface area contributed by atoms with Crippen LogP contribution < -0.4 is 10.2 Å². The van der Waals surface area contributed by atoms with Crippen molar-refractivity contribution in [1.82, 2.24) is 15.2 Å². The predicted octanol–water partition coefficient (Wildman–Crippen LogP) is 3.40. The number of aromatic nitrogens is 3. The van der Waals surface area contributed by atoms with E-state index < -0.39 is 11.6 Å². The first-order valence-electron chi connectivity index (χ1n) is 9.30. The minimum Gasteiger partial charge on any atom is -0.378 e. The number of ether oxygens (including phenoxy) is 1. The zero-order valence-electron chi connectivity index (χ0n) is 15.7. The van der Waals surface area contributed by atoms with Gasteiger partial charge in [-0.25, -0.2) is 18.8 Å². The molecule has 7 nitrogen and oxygen atoms in total. The molecule has 9 heteroatoms. The van der Waals surface area contributed by atoms with Crippen LogP contribution in [0.4, 0.5) is 26.0 Å². The summed E-state index contributed by atoms with van der Waals surface area (Å²) < 4.78 is 34.3. The van der Waals surface area contributed by atoms with Crippen molar-refractivity contribution in [2.45, 2.75) is 6.92 Å². The molecule has 4 heterocycles. The molecular formula is C20H18F2N6O. The lowest BCUT2D eigenvalue weighted by Crippen LogP contribution is -2.36. The van der Waals surface area contributed by atoms with Gasteiger partial charge in [0, 0.05) is 18.7 Å². The predicted molar refractivity (Wildman–Crippen MR) is 106 cm³/mol. The number of benzene rings is 1. The number of anilines is 2. The van der Waals surface area contributed by atoms with Crippen molar-refractivity contribution in [3.8, 4) is 11.3 Å². The van der Waals surface area contributed by atoms with E-state index in [0.717, 1.165) is 24.5 Å². The standard InChI is InChI=1S/C20H18F2N6O/c1-11-18-19(27-26-11)12-9-16(28-5-7-29-8-6-28)23-10-15(12)24-20(25-18)17-13(21)3-2-4-14(17)22/h2-4,9-10H,5-8H2,1H3,(H,24,25)(H,26,27). The summed E-state index contributed by atoms with van der Waals surface area (Å²) in [6, 6.07) is 5.65. The van der Waals surface area contributed by atoms with Crippen LogP contribution >= 0.6 is 0 Å². The molecule has 3 aromatic rings. The van der Waals surface area contributed by atoms with Gasteiger partial charge in [-0.2, -0.15) is 5.10 Å². The van der Waals surface area contributed by atoms with Crippen LogP contribution in [0.25, 0.3) is 11.3 Å². The van der Waals surface area contributed by atoms with Crippen LogP contribution in [0, 0.1) is 18.6 Å². The fraction of sp³-hybridized carbons (Fsp3) is 0.250. The van der Waals surface area contributed by atoms with E-state index in [4.69, 9.17) is 4.74 Å². The maximum Gasteiger partial charge on any atom is 0.144 e. The lowest BCUT2D eigenvalue weighted by Gasteiger charge is -2.28. The maximum atomic E-state index is 14.4. The molecule has 0 unspecified atom stereocenters. The van der Waals surface area contributed by atoms with Gasteiger partial charge in [-0.1, -0.05) is 6.07 Å². The summed E-state index contributed by atoms with van der Waals surface area (Å²) in [4.78, 5) is 11.2. The van der Waals surface area contributed by atoms with E-state index in [0.29, 0.717) is 36.0 Å². The highest BCUT2D eigenvalue weighted by atomic mass is 19.1. The third-order valence-electron chi connectivity index (χ3n) is 5.07. The number of hydrogen-bond acceptors (Lipinski definition) is 6. The molecule has 1 saturated heterocycles. The summed E-state index contributed by atoms with van der Waals surface area (Å²) >= 11 is 0. The van der Waals surface area contributed by atoms with Gasteiger partial charge < -0.3 is 15.0 Å². The Morgan fingerprint density at radius 2 is 1.90 bits per heavy atom. The van der Waals surface area contributed by atoms with Gasteiger partial charge in [0.1, 0.15) is 34.7 Å². The van der Waals surface area contributed by atoms with Gasteiger partial charge in [0.15, 0.2) is 0 Å². The van der Waals surface area contributed by atoms with E-state index >= 15 is 0 Å². The molecule has 2 aliphatic rings. The van der Waals surface area contributed by atoms with Crippen molar-refractivity contribution in [3.63, 3.8) is 0 Å². The van der Waals surface area contributed by atoms with Gasteiger partial charge in [-0.05, 0) is 25.1 Å². The van der Waals surface area contributed by atoms with Gasteiger partial charge >= 0.3 is 0 Å². The normalized spacial score (nSPS) is 15.8. The number of aliphatic imine (C=N–C) groups is 1. The number of aryl methyl sites for hydroxylation is 1. The SMILES string of the molecule is Cc1[nH]nc2c1N=C(c1c(F)cccc1F)Nc1cnc(N3CCOCC3)cc1-2. The van der Waals surface area contributed by atoms with Crippen LogP contribution in [-0.4, -0.2) is 47.3 Å². The highest BCUT2D eigenvalue weighted by Crippen LogP contribution is 2.40. The number of H-pyrrole nitrogens is 1. The van der Waals surface area contributed by atoms with E-state index in [-0.39, 0.29) is 11.4 Å². The number of aromatic amines is 1. The Kier molecular flexibility index (Phi) is 4.24. The Bertz CT molecular complexity index is 1100. The smallest absolute Gasteiger partial charge is 0.144 e. The minimum absolute atomic E-state index is 0.0750. The summed E-state index contributed by atoms with van der Waals surface area (Å²) in [6.07, 6.45) is 1.65. The molecule has 1 fully saturated rings. The van der Waals surface area contributed by atoms with Gasteiger partial charge in [0.2, 0.25) is 0 Å². The highest BCUT2D eigenvalue weighted by molar-refractivity contribution is 6.13. The molecule has 5 rings (SSSR count). The number of fused-ring (bicyclic) bond motifs is 3. The third kappa shape index (κ3) is 3.03. The van der Waals surface area contributed by atoms with E-state index in [9.17, 15) is 8.78 Å². The molecule has 0 bridgehead atoms. The largest absolute Gasteiger partial charge is 0.378 e. The molecule has 0 spiro atoms. The van der Waals surface area contributed by atoms with Crippen LogP contribution in [0.15, 0.2) is 35.5 Å². The first-order valence-corrected chi connectivity index (χ1v) is 9.30. The van der Waals surface area contributed by atoms with Crippen molar-refractivity contribution in [1.29, 1.82) is 0 Å². The number of nitrogens with one attached hydrogen (secondary N) is 2. The quantitative estimate of drug-likeness (QED) is 0.694. The second kappa shape index (κ2) is 6.93. The Morgan fingerprint density at radius 3 is 2.66 bits per heavy atom. The molecule has 1 aromatic carbocycles. The average molecular weight is 396 g/mol. The van der Waals surface area contributed by atoms with E-state index in [1.165, 1.54) is 18.2 Å². The maximum absolute atomic E-state index is 14.4. The van der Waals surface area contributed by atoms with Crippen molar-refractivity contribution in [2.24, 2.45) is 4.99 Å². The topological polar surface area (TPSA) is 78.4 Å². The number of nitrogens with zero attached hydrogens (tertiary/aromatic N) is 4. The number of morpholine rings is 1. The number of amidine groups is 1. The van der Waals surface area contributed by atoms with E-state index in [1.54, 1.807) is 6.20 Å². The first-order chi connectivity index (χ1) is 14.1. The minimum atomic E-state index is -0.694. The zero-order chi connectivity index (χ0) is 20.0. The fourth-order valence-electron chi connectivity index (χ4n) is 3.56. The molecule has 2 aromatic heterocycles. The van der Waals surface area contributed by atoms with Crippen molar-refractivity contribution < 1.29 is 13.5 Å². The van der Waals surface area contributed by atoms with Crippen LogP contribution in [0.3, 0.4) is 0 Å². The van der Waals surface area contributed by atoms with Gasteiger partial charge in [-0.15, -0.1) is 0 Å². The second-order valence-electron chi connectivity index (χ2n) is 6.92. The van der Waals surface area contributed by atoms with Crippen molar-refractivity contribution >= 4 is 23.0 Å². The molecule has 0 atom stereocenters. The lowest BCUT2D eigenvalue weighted by atomic mass is 10.1. The monoisotopic (exact) mass is 396 g/mol. The Labute approximate surface area is 165 Å². The number of rotatable bonds is 2. The molecular weight excluding hydrogens is 378 g/mol. The number of pyridine rings is 1. The molecule has 2 aliphatic heterocycles. The van der Waals surface area contributed by atoms with Gasteiger partial charge in [0.25, 0.3) is 0 Å². The molecule has 2 N–H and O–H groups in total. The molecule has 0 saturated carbocycles. The molecule has 0 amide bonds. The van der Waals surface area contributed by atoms with Gasteiger partial charge in [0.05, 0.1) is 36.4 Å². The van der Waals surface area contributed by atoms with Crippen LogP contribution in [-0.2, 0) is 4.74 Å². The summed E-state index contributed by atoms with van der Waals surface area (Å²) in [5.74, 6) is -0.521. The second-order valence-corrected chi connectivity index (χ2v) is 6.92. The Morgan fingerprint density at radius 1 is 1.14 bits per heavy atom. The lowest BCUT2D eigenvalue weighted by molar-refractivity contribution is 0.122. The zero-order valence-corrected chi connectivity index (χ0v) is 15.7. The number of halogens is 2. The summed E-state index contributed by atoms with van der Waals surface area (Å²) in [5, 5.41) is 10.4. The van der Waals surface area contributed by atoms with E-state index in [2.05, 4.69) is 30.4 Å². The Hall–Kier alpha value is -3.33. The molecule has 0 aliphatic carbocycles. The average Bonchev–Trinajstić information content (AvgIpc) is 3.00. The fourth-order valence-corrected chi connectivity index (χ4v) is 3.56. The molecule has 148 valence electrons. The van der Waals surface area contributed by atoms with Gasteiger partial charge in [-0.3, -0.25) is 5.10 Å².